The van der Waals surface area contributed by atoms with Crippen molar-refractivity contribution >= 4 is 15.9 Å². The van der Waals surface area contributed by atoms with Gasteiger partial charge in [0.2, 0.25) is 10.0 Å². The Balaban J connectivity index is 1.55. The van der Waals surface area contributed by atoms with Gasteiger partial charge in [0.05, 0.1) is 24.5 Å². The highest BCUT2D eigenvalue weighted by molar-refractivity contribution is 7.89. The van der Waals surface area contributed by atoms with Crippen LogP contribution in [-0.4, -0.2) is 52.0 Å². The molecule has 9 heteroatoms. The van der Waals surface area contributed by atoms with Crippen LogP contribution in [0.15, 0.2) is 72.8 Å². The fraction of sp³-hybridized carbons (Fsp3) is 0.269. The minimum Gasteiger partial charge on any atom is -0.493 e. The number of aliphatic hydroxyl groups is 1. The average Bonchev–Trinajstić information content (AvgIpc) is 2.84. The molecule has 0 aliphatic rings. The summed E-state index contributed by atoms with van der Waals surface area (Å²) in [5, 5.41) is 13.3. The highest BCUT2D eigenvalue weighted by Crippen LogP contribution is 2.29. The summed E-state index contributed by atoms with van der Waals surface area (Å²) in [6.45, 7) is 3.58. The Hall–Kier alpha value is -3.40. The second-order valence-corrected chi connectivity index (χ2v) is 9.60. The van der Waals surface area contributed by atoms with Gasteiger partial charge in [0.25, 0.3) is 5.91 Å². The number of ether oxygens (including phenoxy) is 2. The summed E-state index contributed by atoms with van der Waals surface area (Å²) in [5.74, 6) is 0.264. The van der Waals surface area contributed by atoms with Crippen LogP contribution in [0.2, 0.25) is 0 Å². The summed E-state index contributed by atoms with van der Waals surface area (Å²) in [5.41, 5.74) is 2.71. The van der Waals surface area contributed by atoms with Crippen LogP contribution in [0.3, 0.4) is 0 Å². The first kappa shape index (κ1) is 26.2. The van der Waals surface area contributed by atoms with E-state index in [4.69, 9.17) is 9.47 Å². The molecule has 0 unspecified atom stereocenters. The quantitative estimate of drug-likeness (QED) is 0.329. The van der Waals surface area contributed by atoms with Crippen LogP contribution in [-0.2, 0) is 10.0 Å². The van der Waals surface area contributed by atoms with Crippen LogP contribution in [0.4, 0.5) is 0 Å². The fourth-order valence-corrected chi connectivity index (χ4v) is 3.85. The number of amides is 1. The number of nitrogens with one attached hydrogen (secondary N) is 2. The lowest BCUT2D eigenvalue weighted by atomic mass is 10.0. The Kier molecular flexibility index (Phi) is 9.25. The third kappa shape index (κ3) is 8.10. The van der Waals surface area contributed by atoms with E-state index < -0.39 is 22.0 Å². The van der Waals surface area contributed by atoms with Crippen LogP contribution in [0.5, 0.6) is 11.5 Å². The predicted molar refractivity (Wildman–Crippen MR) is 135 cm³/mol. The van der Waals surface area contributed by atoms with Crippen LogP contribution in [0.1, 0.15) is 28.9 Å². The van der Waals surface area contributed by atoms with Crippen molar-refractivity contribution in [1.29, 1.82) is 0 Å². The lowest BCUT2D eigenvalue weighted by molar-refractivity contribution is 0.0978. The maximum Gasteiger partial charge on any atom is 0.268 e. The lowest BCUT2D eigenvalue weighted by Gasteiger charge is -2.13. The normalized spacial score (nSPS) is 12.1. The van der Waals surface area contributed by atoms with Crippen LogP contribution >= 0.6 is 0 Å². The van der Waals surface area contributed by atoms with E-state index >= 15 is 0 Å². The zero-order valence-corrected chi connectivity index (χ0v) is 20.5. The fourth-order valence-electron chi connectivity index (χ4n) is 3.40. The van der Waals surface area contributed by atoms with E-state index in [1.807, 2.05) is 59.3 Å². The van der Waals surface area contributed by atoms with Crippen molar-refractivity contribution in [1.82, 2.24) is 10.0 Å². The highest BCUT2D eigenvalue weighted by Gasteiger charge is 2.17. The van der Waals surface area contributed by atoms with Crippen LogP contribution in [0.25, 0.3) is 11.1 Å². The first-order chi connectivity index (χ1) is 16.8. The van der Waals surface area contributed by atoms with E-state index in [-0.39, 0.29) is 5.56 Å². The molecule has 0 spiro atoms. The molecule has 3 aromatic carbocycles. The third-order valence-electron chi connectivity index (χ3n) is 5.06. The molecule has 0 radical (unpaired) electrons. The average molecular weight is 499 g/mol. The second kappa shape index (κ2) is 12.3. The molecule has 3 N–H and O–H groups in total. The van der Waals surface area contributed by atoms with Gasteiger partial charge in [-0.1, -0.05) is 48.5 Å². The highest BCUT2D eigenvalue weighted by atomic mass is 32.2. The van der Waals surface area contributed by atoms with Gasteiger partial charge in [0, 0.05) is 13.1 Å². The van der Waals surface area contributed by atoms with Crippen molar-refractivity contribution in [2.45, 2.75) is 13.0 Å². The first-order valence-electron chi connectivity index (χ1n) is 11.2. The molecule has 186 valence electrons. The third-order valence-corrected chi connectivity index (χ3v) is 5.62. The lowest BCUT2D eigenvalue weighted by Crippen LogP contribution is -2.29. The molecule has 0 heterocycles. The number of aliphatic hydroxyl groups excluding tert-OH is 1. The SMILES string of the molecule is CCOc1cc(-c2ccc(OCCNC[C@H](O)c3ccccc3)cc2)ccc1C(=O)NS(C)(=O)=O. The molecule has 0 bridgehead atoms. The number of rotatable bonds is 12. The first-order valence-corrected chi connectivity index (χ1v) is 13.1. The zero-order chi connectivity index (χ0) is 25.3. The maximum absolute atomic E-state index is 12.3. The van der Waals surface area contributed by atoms with Crippen molar-refractivity contribution < 1.29 is 27.8 Å². The van der Waals surface area contributed by atoms with Crippen molar-refractivity contribution in [3.63, 3.8) is 0 Å². The van der Waals surface area contributed by atoms with E-state index in [1.54, 1.807) is 25.1 Å². The summed E-state index contributed by atoms with van der Waals surface area (Å²) < 4.78 is 36.1. The monoisotopic (exact) mass is 498 g/mol. The van der Waals surface area contributed by atoms with Crippen molar-refractivity contribution in [3.8, 4) is 22.6 Å². The number of sulfonamides is 1. The van der Waals surface area contributed by atoms with Crippen LogP contribution < -0.4 is 19.5 Å². The molecule has 1 atom stereocenters. The molecular formula is C26H30N2O6S. The zero-order valence-electron chi connectivity index (χ0n) is 19.7. The Morgan fingerprint density at radius 1 is 0.971 bits per heavy atom. The molecule has 0 fully saturated rings. The van der Waals surface area contributed by atoms with E-state index in [1.165, 1.54) is 0 Å². The number of hydrogen-bond acceptors (Lipinski definition) is 7. The van der Waals surface area contributed by atoms with Gasteiger partial charge in [-0.3, -0.25) is 4.79 Å². The summed E-state index contributed by atoms with van der Waals surface area (Å²) in [6, 6.07) is 21.9. The van der Waals surface area contributed by atoms with Gasteiger partial charge in [-0.05, 0) is 47.9 Å². The van der Waals surface area contributed by atoms with E-state index in [0.29, 0.717) is 37.8 Å². The number of carbonyl (C=O) groups excluding carboxylic acids is 1. The largest absolute Gasteiger partial charge is 0.493 e. The molecule has 0 aliphatic heterocycles. The summed E-state index contributed by atoms with van der Waals surface area (Å²) in [7, 11) is -3.68. The van der Waals surface area contributed by atoms with E-state index in [9.17, 15) is 18.3 Å². The minimum absolute atomic E-state index is 0.144. The summed E-state index contributed by atoms with van der Waals surface area (Å²) in [6.07, 6.45) is 0.355. The van der Waals surface area contributed by atoms with Gasteiger partial charge in [0.15, 0.2) is 0 Å². The molecule has 0 aliphatic carbocycles. The second-order valence-electron chi connectivity index (χ2n) is 7.85. The number of benzene rings is 3. The van der Waals surface area contributed by atoms with Crippen molar-refractivity contribution in [2.75, 3.05) is 32.6 Å². The molecule has 0 saturated carbocycles. The molecule has 8 nitrogen and oxygen atoms in total. The number of carbonyl (C=O) groups is 1. The van der Waals surface area contributed by atoms with Gasteiger partial charge >= 0.3 is 0 Å². The maximum atomic E-state index is 12.3. The predicted octanol–water partition coefficient (Wildman–Crippen LogP) is 3.14. The van der Waals surface area contributed by atoms with Gasteiger partial charge < -0.3 is 19.9 Å². The molecule has 1 amide bonds. The van der Waals surface area contributed by atoms with Gasteiger partial charge in [0.1, 0.15) is 18.1 Å². The number of hydrogen-bond donors (Lipinski definition) is 3. The molecule has 0 saturated heterocycles. The molecule has 3 aromatic rings. The van der Waals surface area contributed by atoms with Crippen LogP contribution in [0, 0.1) is 0 Å². The van der Waals surface area contributed by atoms with E-state index in [2.05, 4.69) is 5.32 Å². The summed E-state index contributed by atoms with van der Waals surface area (Å²) in [4.78, 5) is 12.3. The standard InChI is InChI=1S/C26H30N2O6S/c1-3-33-25-17-21(11-14-23(25)26(30)28-35(2,31)32)19-9-12-22(13-10-19)34-16-15-27-18-24(29)20-7-5-4-6-8-20/h4-14,17,24,27,29H,3,15-16,18H2,1-2H3,(H,28,30)/t24-/m0/s1. The molecular weight excluding hydrogens is 468 g/mol. The molecule has 3 rings (SSSR count). The smallest absolute Gasteiger partial charge is 0.268 e. The van der Waals surface area contributed by atoms with Gasteiger partial charge in [-0.15, -0.1) is 0 Å². The molecule has 35 heavy (non-hydrogen) atoms. The van der Waals surface area contributed by atoms with Gasteiger partial charge in [-0.25, -0.2) is 13.1 Å². The Morgan fingerprint density at radius 2 is 1.66 bits per heavy atom. The topological polar surface area (TPSA) is 114 Å². The van der Waals surface area contributed by atoms with E-state index in [0.717, 1.165) is 22.9 Å². The Labute approximate surface area is 206 Å². The Bertz CT molecular complexity index is 1210. The van der Waals surface area contributed by atoms with Crippen molar-refractivity contribution in [3.05, 3.63) is 83.9 Å². The van der Waals surface area contributed by atoms with Gasteiger partial charge in [-0.2, -0.15) is 0 Å². The summed E-state index contributed by atoms with van der Waals surface area (Å²) >= 11 is 0. The van der Waals surface area contributed by atoms with Crippen molar-refractivity contribution in [2.24, 2.45) is 0 Å². The Morgan fingerprint density at radius 3 is 2.31 bits per heavy atom. The minimum atomic E-state index is -3.68. The molecule has 0 aromatic heterocycles.